The number of halogens is 9. The van der Waals surface area contributed by atoms with Gasteiger partial charge in [-0.15, -0.1) is 0 Å². The van der Waals surface area contributed by atoms with Crippen LogP contribution in [0.3, 0.4) is 0 Å². The Labute approximate surface area is 290 Å². The molecule has 4 rings (SSSR count). The van der Waals surface area contributed by atoms with Gasteiger partial charge in [-0.3, -0.25) is 10.6 Å². The molecule has 0 radical (unpaired) electrons. The van der Waals surface area contributed by atoms with Crippen LogP contribution in [0, 0.1) is 25.5 Å². The van der Waals surface area contributed by atoms with Crippen LogP contribution >= 0.6 is 11.6 Å². The Morgan fingerprint density at radius 2 is 1.14 bits per heavy atom. The molecule has 2 heterocycles. The molecule has 0 atom stereocenters. The predicted molar refractivity (Wildman–Crippen MR) is 174 cm³/mol. The maximum Gasteiger partial charge on any atom is 0.419 e. The third-order valence-electron chi connectivity index (χ3n) is 6.05. The van der Waals surface area contributed by atoms with Gasteiger partial charge in [0, 0.05) is 41.9 Å². The molecule has 4 aromatic rings. The van der Waals surface area contributed by atoms with Gasteiger partial charge >= 0.3 is 24.4 Å². The van der Waals surface area contributed by atoms with Crippen molar-refractivity contribution in [1.82, 2.24) is 24.8 Å². The number of amides is 4. The van der Waals surface area contributed by atoms with Crippen molar-refractivity contribution in [1.29, 1.82) is 0 Å². The Hall–Kier alpha value is -5.37. The molecule has 0 aliphatic rings. The summed E-state index contributed by atoms with van der Waals surface area (Å²) in [5.41, 5.74) is -2.34. The summed E-state index contributed by atoms with van der Waals surface area (Å²) in [6.07, 6.45) is -9.74. The van der Waals surface area contributed by atoms with Crippen LogP contribution in [0.25, 0.3) is 0 Å². The second kappa shape index (κ2) is 17.0. The lowest BCUT2D eigenvalue weighted by molar-refractivity contribution is -0.140. The number of nitrogens with one attached hydrogen (secondary N) is 5. The number of aromatic nitrogens is 4. The molecule has 0 saturated heterocycles. The highest BCUT2D eigenvalue weighted by atomic mass is 35.5. The molecule has 274 valence electrons. The number of hydrogen-bond acceptors (Lipinski definition) is 8. The van der Waals surface area contributed by atoms with E-state index in [0.717, 1.165) is 18.7 Å². The number of carbonyl (C=O) groups excluding carboxylic acids is 2. The van der Waals surface area contributed by atoms with Crippen LogP contribution in [0.4, 0.5) is 73.8 Å². The third-order valence-corrected chi connectivity index (χ3v) is 6.25. The van der Waals surface area contributed by atoms with Crippen molar-refractivity contribution >= 4 is 52.8 Å². The number of nitrogens with zero attached hydrogens (tertiary/aromatic N) is 5. The number of urea groups is 2. The average Bonchev–Trinajstić information content (AvgIpc) is 2.97. The minimum Gasteiger partial charge on any atom is -0.369 e. The standard InChI is InChI=1S/C17H20F4N6O.C13H9ClF4N4O/c1-10-8-14(22-6-7-27(2)3)25-15(23-10)26-16(28)24-11-4-5-13(18)12(9-11)17(19,20)21;1-6-4-10(14)21-11(19-6)22-12(23)20-7-2-3-9(15)8(5-7)13(16,17)18/h4-5,8-9H,6-7H2,1-3H3,(H3,22,23,24,25,26,28);2-5H,1H3,(H2,19,20,21,22,23). The van der Waals surface area contributed by atoms with E-state index in [2.05, 4.69) is 46.5 Å². The summed E-state index contributed by atoms with van der Waals surface area (Å²) >= 11 is 5.69. The van der Waals surface area contributed by atoms with Gasteiger partial charge in [-0.05, 0) is 70.4 Å². The summed E-state index contributed by atoms with van der Waals surface area (Å²) in [6, 6.07) is 5.65. The Morgan fingerprint density at radius 1 is 0.686 bits per heavy atom. The third kappa shape index (κ3) is 13.1. The molecule has 12 nitrogen and oxygen atoms in total. The molecule has 2 aromatic heterocycles. The zero-order valence-corrected chi connectivity index (χ0v) is 27.7. The molecule has 0 spiro atoms. The number of rotatable bonds is 8. The Bertz CT molecular complexity index is 1840. The molecule has 51 heavy (non-hydrogen) atoms. The fraction of sp³-hybridized carbons (Fsp3) is 0.267. The van der Waals surface area contributed by atoms with Crippen molar-refractivity contribution in [2.75, 3.05) is 53.8 Å². The summed E-state index contributed by atoms with van der Waals surface area (Å²) in [5.74, 6) is -2.51. The minimum absolute atomic E-state index is 0.0250. The maximum absolute atomic E-state index is 13.3. The van der Waals surface area contributed by atoms with Crippen molar-refractivity contribution in [3.8, 4) is 0 Å². The molecule has 0 aliphatic carbocycles. The number of hydrogen-bond donors (Lipinski definition) is 5. The van der Waals surface area contributed by atoms with Crippen molar-refractivity contribution < 1.29 is 44.7 Å². The number of aryl methyl sites for hydroxylation is 2. The highest BCUT2D eigenvalue weighted by Crippen LogP contribution is 2.34. The van der Waals surface area contributed by atoms with Crippen molar-refractivity contribution in [3.05, 3.63) is 87.8 Å². The van der Waals surface area contributed by atoms with Gasteiger partial charge in [-0.2, -0.15) is 31.3 Å². The first-order valence-corrected chi connectivity index (χ1v) is 14.7. The quantitative estimate of drug-likeness (QED) is 0.0906. The van der Waals surface area contributed by atoms with Gasteiger partial charge in [-0.1, -0.05) is 11.6 Å². The van der Waals surface area contributed by atoms with Crippen molar-refractivity contribution in [2.24, 2.45) is 0 Å². The van der Waals surface area contributed by atoms with Gasteiger partial charge in [0.2, 0.25) is 11.9 Å². The van der Waals surface area contributed by atoms with Crippen LogP contribution in [0.1, 0.15) is 22.5 Å². The van der Waals surface area contributed by atoms with Gasteiger partial charge in [0.1, 0.15) is 22.6 Å². The molecule has 0 unspecified atom stereocenters. The highest BCUT2D eigenvalue weighted by Gasteiger charge is 2.35. The predicted octanol–water partition coefficient (Wildman–Crippen LogP) is 7.80. The summed E-state index contributed by atoms with van der Waals surface area (Å²) in [4.78, 5) is 41.6. The molecule has 5 N–H and O–H groups in total. The SMILES string of the molecule is Cc1cc(Cl)nc(NC(=O)Nc2ccc(F)c(C(F)(F)F)c2)n1.Cc1cc(NCCN(C)C)nc(NC(=O)Nc2ccc(F)c(C(F)(F)F)c2)n1. The van der Waals surface area contributed by atoms with E-state index in [0.29, 0.717) is 48.0 Å². The second-order valence-electron chi connectivity index (χ2n) is 10.6. The van der Waals surface area contributed by atoms with Crippen LogP contribution in [0.15, 0.2) is 48.5 Å². The lowest BCUT2D eigenvalue weighted by atomic mass is 10.2. The molecule has 0 fully saturated rings. The first-order valence-electron chi connectivity index (χ1n) is 14.3. The molecule has 4 amide bonds. The fourth-order valence-electron chi connectivity index (χ4n) is 3.88. The smallest absolute Gasteiger partial charge is 0.369 e. The van der Waals surface area contributed by atoms with Crippen molar-refractivity contribution in [2.45, 2.75) is 26.2 Å². The second-order valence-corrected chi connectivity index (χ2v) is 11.0. The zero-order chi connectivity index (χ0) is 38.1. The summed E-state index contributed by atoms with van der Waals surface area (Å²) in [7, 11) is 3.84. The van der Waals surface area contributed by atoms with E-state index in [-0.39, 0.29) is 28.4 Å². The maximum atomic E-state index is 13.3. The molecular weight excluding hydrogens is 720 g/mol. The Morgan fingerprint density at radius 3 is 1.57 bits per heavy atom. The molecule has 0 saturated carbocycles. The fourth-order valence-corrected chi connectivity index (χ4v) is 4.11. The summed E-state index contributed by atoms with van der Waals surface area (Å²) < 4.78 is 103. The number of carbonyl (C=O) groups is 2. The summed E-state index contributed by atoms with van der Waals surface area (Å²) in [6.45, 7) is 4.70. The van der Waals surface area contributed by atoms with Gasteiger partial charge in [-0.25, -0.2) is 33.3 Å². The zero-order valence-electron chi connectivity index (χ0n) is 27.0. The van der Waals surface area contributed by atoms with E-state index >= 15 is 0 Å². The Kier molecular flexibility index (Phi) is 13.4. The lowest BCUT2D eigenvalue weighted by Gasteiger charge is -2.13. The van der Waals surface area contributed by atoms with E-state index in [4.69, 9.17) is 11.6 Å². The van der Waals surface area contributed by atoms with E-state index < -0.39 is 47.2 Å². The number of alkyl halides is 6. The van der Waals surface area contributed by atoms with E-state index in [1.54, 1.807) is 19.9 Å². The first-order chi connectivity index (χ1) is 23.7. The van der Waals surface area contributed by atoms with Crippen LogP contribution in [0.2, 0.25) is 5.15 Å². The summed E-state index contributed by atoms with van der Waals surface area (Å²) in [5, 5.41) is 12.1. The monoisotopic (exact) mass is 748 g/mol. The highest BCUT2D eigenvalue weighted by molar-refractivity contribution is 6.29. The van der Waals surface area contributed by atoms with E-state index in [9.17, 15) is 44.7 Å². The van der Waals surface area contributed by atoms with Crippen LogP contribution in [-0.4, -0.2) is 64.1 Å². The molecule has 2 aromatic carbocycles. The first kappa shape index (κ1) is 40.1. The Balaban J connectivity index is 0.000000281. The molecular formula is C30H29ClF8N10O2. The van der Waals surface area contributed by atoms with Crippen molar-refractivity contribution in [3.63, 3.8) is 0 Å². The van der Waals surface area contributed by atoms with Crippen LogP contribution in [0.5, 0.6) is 0 Å². The van der Waals surface area contributed by atoms with Gasteiger partial charge in [0.05, 0.1) is 11.1 Å². The topological polar surface area (TPSA) is 149 Å². The lowest BCUT2D eigenvalue weighted by Crippen LogP contribution is -2.23. The normalized spacial score (nSPS) is 11.3. The van der Waals surface area contributed by atoms with E-state index in [1.807, 2.05) is 19.0 Å². The molecule has 0 aliphatic heterocycles. The van der Waals surface area contributed by atoms with Gasteiger partial charge < -0.3 is 20.9 Å². The molecule has 0 bridgehead atoms. The largest absolute Gasteiger partial charge is 0.419 e. The minimum atomic E-state index is -4.87. The van der Waals surface area contributed by atoms with Crippen LogP contribution < -0.4 is 26.6 Å². The number of benzene rings is 2. The van der Waals surface area contributed by atoms with Gasteiger partial charge in [0.25, 0.3) is 0 Å². The number of likely N-dealkylation sites (N-methyl/N-ethyl adjacent to an activating group) is 1. The average molecular weight is 749 g/mol. The number of anilines is 5. The van der Waals surface area contributed by atoms with Gasteiger partial charge in [0.15, 0.2) is 0 Å². The van der Waals surface area contributed by atoms with Crippen LogP contribution in [-0.2, 0) is 12.4 Å². The van der Waals surface area contributed by atoms with E-state index in [1.165, 1.54) is 6.07 Å². The molecule has 21 heteroatoms.